The Morgan fingerprint density at radius 2 is 2.31 bits per heavy atom. The van der Waals surface area contributed by atoms with E-state index in [9.17, 15) is 4.79 Å². The van der Waals surface area contributed by atoms with Crippen molar-refractivity contribution in [2.24, 2.45) is 5.41 Å². The molecule has 5 heteroatoms. The molecule has 3 nitrogen and oxygen atoms in total. The van der Waals surface area contributed by atoms with Gasteiger partial charge < -0.3 is 10.4 Å². The van der Waals surface area contributed by atoms with Gasteiger partial charge in [0.15, 0.2) is 0 Å². The predicted octanol–water partition coefficient (Wildman–Crippen LogP) is 2.99. The van der Waals surface area contributed by atoms with Crippen LogP contribution in [0.2, 0.25) is 5.02 Å². The van der Waals surface area contributed by atoms with Crippen molar-refractivity contribution in [1.82, 2.24) is 5.32 Å². The van der Waals surface area contributed by atoms with E-state index in [1.54, 1.807) is 25.2 Å². The smallest absolute Gasteiger partial charge is 0.309 e. The Morgan fingerprint density at radius 1 is 1.62 bits per heavy atom. The van der Waals surface area contributed by atoms with Gasteiger partial charge in [-0.3, -0.25) is 4.79 Å². The molecule has 0 atom stereocenters. The fourth-order valence-corrected chi connectivity index (χ4v) is 2.21. The summed E-state index contributed by atoms with van der Waals surface area (Å²) >= 11 is 7.40. The van der Waals surface area contributed by atoms with Crippen LogP contribution in [0.5, 0.6) is 0 Å². The number of carboxylic acids is 1. The third kappa shape index (κ3) is 4.12. The van der Waals surface area contributed by atoms with E-state index >= 15 is 0 Å². The Morgan fingerprint density at radius 3 is 2.81 bits per heavy atom. The average molecular weight is 262 g/mol. The zero-order chi connectivity index (χ0) is 12.2. The van der Waals surface area contributed by atoms with Gasteiger partial charge in [-0.1, -0.05) is 11.6 Å². The highest BCUT2D eigenvalue weighted by Gasteiger charge is 2.25. The van der Waals surface area contributed by atoms with Crippen LogP contribution in [0.25, 0.3) is 0 Å². The molecule has 0 saturated carbocycles. The minimum absolute atomic E-state index is 0.613. The lowest BCUT2D eigenvalue weighted by Gasteiger charge is -2.18. The monoisotopic (exact) mass is 261 g/mol. The van der Waals surface area contributed by atoms with Crippen LogP contribution >= 0.6 is 22.9 Å². The maximum absolute atomic E-state index is 10.8. The van der Waals surface area contributed by atoms with E-state index in [2.05, 4.69) is 5.32 Å². The van der Waals surface area contributed by atoms with Crippen LogP contribution in [0, 0.1) is 5.41 Å². The Bertz CT molecular complexity index is 363. The van der Waals surface area contributed by atoms with Crippen molar-refractivity contribution < 1.29 is 9.90 Å². The minimum atomic E-state index is -0.756. The lowest BCUT2D eigenvalue weighted by Crippen LogP contribution is -2.28. The number of nitrogens with one attached hydrogen (secondary N) is 1. The zero-order valence-electron chi connectivity index (χ0n) is 9.42. The Labute approximate surface area is 104 Å². The first-order valence-corrected chi connectivity index (χ1v) is 6.34. The molecule has 0 aliphatic carbocycles. The molecule has 0 bridgehead atoms. The summed E-state index contributed by atoms with van der Waals surface area (Å²) < 4.78 is 0. The molecule has 0 aliphatic heterocycles. The standard InChI is InChI=1S/C11H16ClNO2S/c1-11(2,10(14)15)3-4-13-6-9-5-8(12)7-16-9/h5,7,13H,3-4,6H2,1-2H3,(H,14,15). The van der Waals surface area contributed by atoms with E-state index in [0.29, 0.717) is 13.0 Å². The molecule has 1 rings (SSSR count). The summed E-state index contributed by atoms with van der Waals surface area (Å²) in [6.07, 6.45) is 0.613. The molecule has 16 heavy (non-hydrogen) atoms. The van der Waals surface area contributed by atoms with Crippen molar-refractivity contribution in [1.29, 1.82) is 0 Å². The molecule has 90 valence electrons. The molecule has 0 amide bonds. The van der Waals surface area contributed by atoms with Gasteiger partial charge in [-0.25, -0.2) is 0 Å². The molecule has 2 N–H and O–H groups in total. The van der Waals surface area contributed by atoms with Crippen LogP contribution in [-0.2, 0) is 11.3 Å². The lowest BCUT2D eigenvalue weighted by molar-refractivity contribution is -0.147. The van der Waals surface area contributed by atoms with Crippen molar-refractivity contribution in [3.63, 3.8) is 0 Å². The maximum Gasteiger partial charge on any atom is 0.309 e. The third-order valence-corrected chi connectivity index (χ3v) is 3.71. The molecule has 0 aromatic carbocycles. The number of carboxylic acid groups (broad SMARTS) is 1. The zero-order valence-corrected chi connectivity index (χ0v) is 11.0. The molecular weight excluding hydrogens is 246 g/mol. The van der Waals surface area contributed by atoms with Gasteiger partial charge in [0.1, 0.15) is 0 Å². The van der Waals surface area contributed by atoms with Gasteiger partial charge in [0, 0.05) is 16.8 Å². The normalized spacial score (nSPS) is 11.7. The quantitative estimate of drug-likeness (QED) is 0.774. The van der Waals surface area contributed by atoms with Gasteiger partial charge in [-0.15, -0.1) is 11.3 Å². The summed E-state index contributed by atoms with van der Waals surface area (Å²) in [6.45, 7) is 4.90. The molecule has 0 aliphatic rings. The molecular formula is C11H16ClNO2S. The second-order valence-corrected chi connectivity index (χ2v) is 5.78. The number of halogens is 1. The van der Waals surface area contributed by atoms with Crippen molar-refractivity contribution in [2.75, 3.05) is 6.54 Å². The van der Waals surface area contributed by atoms with Gasteiger partial charge >= 0.3 is 5.97 Å². The van der Waals surface area contributed by atoms with Crippen molar-refractivity contribution in [2.45, 2.75) is 26.8 Å². The first-order chi connectivity index (χ1) is 7.42. The number of carbonyl (C=O) groups is 1. The largest absolute Gasteiger partial charge is 0.481 e. The molecule has 1 aromatic rings. The van der Waals surface area contributed by atoms with Crippen molar-refractivity contribution in [3.8, 4) is 0 Å². The fraction of sp³-hybridized carbons (Fsp3) is 0.545. The van der Waals surface area contributed by atoms with E-state index in [-0.39, 0.29) is 0 Å². The minimum Gasteiger partial charge on any atom is -0.481 e. The Kier molecular flexibility index (Phi) is 4.77. The molecule has 0 saturated heterocycles. The first kappa shape index (κ1) is 13.5. The molecule has 1 aromatic heterocycles. The number of rotatable bonds is 6. The highest BCUT2D eigenvalue weighted by atomic mass is 35.5. The van der Waals surface area contributed by atoms with Crippen LogP contribution in [0.4, 0.5) is 0 Å². The Balaban J connectivity index is 2.24. The van der Waals surface area contributed by atoms with E-state index < -0.39 is 11.4 Å². The van der Waals surface area contributed by atoms with E-state index in [4.69, 9.17) is 16.7 Å². The highest BCUT2D eigenvalue weighted by molar-refractivity contribution is 7.10. The lowest BCUT2D eigenvalue weighted by atomic mass is 9.90. The molecule has 0 fully saturated rings. The van der Waals surface area contributed by atoms with Crippen molar-refractivity contribution in [3.05, 3.63) is 21.3 Å². The predicted molar refractivity (Wildman–Crippen MR) is 67.1 cm³/mol. The number of hydrogen-bond donors (Lipinski definition) is 2. The van der Waals surface area contributed by atoms with Crippen LogP contribution in [0.1, 0.15) is 25.1 Å². The van der Waals surface area contributed by atoms with E-state index in [1.807, 2.05) is 11.4 Å². The van der Waals surface area contributed by atoms with Crippen LogP contribution in [-0.4, -0.2) is 17.6 Å². The second kappa shape index (κ2) is 5.66. The van der Waals surface area contributed by atoms with E-state index in [1.165, 1.54) is 0 Å². The number of thiophene rings is 1. The topological polar surface area (TPSA) is 49.3 Å². The Hall–Kier alpha value is -0.580. The maximum atomic E-state index is 10.8. The van der Waals surface area contributed by atoms with Crippen LogP contribution in [0.3, 0.4) is 0 Å². The van der Waals surface area contributed by atoms with Crippen LogP contribution in [0.15, 0.2) is 11.4 Å². The molecule has 1 heterocycles. The summed E-state index contributed by atoms with van der Waals surface area (Å²) in [5.74, 6) is -0.756. The summed E-state index contributed by atoms with van der Waals surface area (Å²) in [5, 5.41) is 14.8. The first-order valence-electron chi connectivity index (χ1n) is 5.09. The summed E-state index contributed by atoms with van der Waals surface area (Å²) in [5.41, 5.74) is -0.667. The summed E-state index contributed by atoms with van der Waals surface area (Å²) in [4.78, 5) is 12.0. The number of aliphatic carboxylic acids is 1. The summed E-state index contributed by atoms with van der Waals surface area (Å²) in [6, 6.07) is 1.92. The third-order valence-electron chi connectivity index (χ3n) is 2.43. The van der Waals surface area contributed by atoms with Gasteiger partial charge in [-0.05, 0) is 32.9 Å². The van der Waals surface area contributed by atoms with Crippen molar-refractivity contribution >= 4 is 28.9 Å². The van der Waals surface area contributed by atoms with Gasteiger partial charge in [0.05, 0.1) is 10.4 Å². The SMILES string of the molecule is CC(C)(CCNCc1cc(Cl)cs1)C(=O)O. The fourth-order valence-electron chi connectivity index (χ4n) is 1.17. The number of hydrogen-bond acceptors (Lipinski definition) is 3. The highest BCUT2D eigenvalue weighted by Crippen LogP contribution is 2.20. The molecule has 0 radical (unpaired) electrons. The van der Waals surface area contributed by atoms with Gasteiger partial charge in [-0.2, -0.15) is 0 Å². The summed E-state index contributed by atoms with van der Waals surface area (Å²) in [7, 11) is 0. The average Bonchev–Trinajstić information content (AvgIpc) is 2.59. The van der Waals surface area contributed by atoms with Gasteiger partial charge in [0.25, 0.3) is 0 Å². The van der Waals surface area contributed by atoms with E-state index in [0.717, 1.165) is 16.4 Å². The second-order valence-electron chi connectivity index (χ2n) is 4.35. The van der Waals surface area contributed by atoms with Crippen LogP contribution < -0.4 is 5.32 Å². The van der Waals surface area contributed by atoms with Gasteiger partial charge in [0.2, 0.25) is 0 Å². The molecule has 0 unspecified atom stereocenters. The molecule has 0 spiro atoms.